The molecule has 1 amide bonds. The Morgan fingerprint density at radius 2 is 1.96 bits per heavy atom. The van der Waals surface area contributed by atoms with Gasteiger partial charge in [0.05, 0.1) is 17.7 Å². The number of hydrogen-bond acceptors (Lipinski definition) is 6. The molecule has 0 spiro atoms. The largest absolute Gasteiger partial charge is 0.467 e. The van der Waals surface area contributed by atoms with E-state index in [0.29, 0.717) is 17.2 Å². The van der Waals surface area contributed by atoms with Gasteiger partial charge in [-0.05, 0) is 44.6 Å². The molecule has 1 fully saturated rings. The van der Waals surface area contributed by atoms with Gasteiger partial charge in [0.1, 0.15) is 16.7 Å². The molecular formula is C19H25N3O3S. The van der Waals surface area contributed by atoms with Crippen LogP contribution < -0.4 is 5.32 Å². The smallest absolute Gasteiger partial charge is 0.328 e. The van der Waals surface area contributed by atoms with Crippen LogP contribution >= 0.6 is 11.3 Å². The number of carbonyl (C=O) groups excluding carboxylic acids is 2. The maximum absolute atomic E-state index is 12.8. The Kier molecular flexibility index (Phi) is 5.27. The highest BCUT2D eigenvalue weighted by Gasteiger charge is 2.29. The predicted molar refractivity (Wildman–Crippen MR) is 102 cm³/mol. The van der Waals surface area contributed by atoms with Crippen LogP contribution in [-0.4, -0.2) is 35.0 Å². The molecule has 26 heavy (non-hydrogen) atoms. The van der Waals surface area contributed by atoms with Crippen molar-refractivity contribution in [2.45, 2.75) is 58.9 Å². The first-order chi connectivity index (χ1) is 12.3. The molecule has 2 aromatic rings. The lowest BCUT2D eigenvalue weighted by Gasteiger charge is -2.18. The van der Waals surface area contributed by atoms with Crippen molar-refractivity contribution in [3.05, 3.63) is 22.0 Å². The molecule has 0 bridgehead atoms. The topological polar surface area (TPSA) is 81.2 Å². The Hall–Kier alpha value is -2.02. The first-order valence-electron chi connectivity index (χ1n) is 8.98. The van der Waals surface area contributed by atoms with Crippen LogP contribution in [0.4, 0.5) is 0 Å². The van der Waals surface area contributed by atoms with Gasteiger partial charge >= 0.3 is 5.97 Å². The van der Waals surface area contributed by atoms with E-state index in [9.17, 15) is 9.59 Å². The summed E-state index contributed by atoms with van der Waals surface area (Å²) in [6, 6.07) is -0.647. The van der Waals surface area contributed by atoms with Crippen molar-refractivity contribution in [3.8, 4) is 0 Å². The normalized spacial score (nSPS) is 15.3. The molecular weight excluding hydrogens is 350 g/mol. The van der Waals surface area contributed by atoms with Crippen molar-refractivity contribution in [1.82, 2.24) is 15.3 Å². The number of aryl methyl sites for hydroxylation is 2. The van der Waals surface area contributed by atoms with Crippen molar-refractivity contribution in [3.63, 3.8) is 0 Å². The maximum atomic E-state index is 12.8. The number of methoxy groups -OCH3 is 1. The standard InChI is InChI=1S/C19H25N3O3S/c1-9(2)8-13(19(24)25-5)21-17(23)15-10(3)14-11(4)20-16(12-6-7-12)22-18(14)26-15/h9,12-13H,6-8H2,1-5H3,(H,21,23). The van der Waals surface area contributed by atoms with Crippen LogP contribution in [0, 0.1) is 19.8 Å². The number of amides is 1. The van der Waals surface area contributed by atoms with E-state index in [1.807, 2.05) is 27.7 Å². The number of carbonyl (C=O) groups is 2. The third-order valence-corrected chi connectivity index (χ3v) is 5.82. The Labute approximate surface area is 157 Å². The van der Waals surface area contributed by atoms with Gasteiger partial charge < -0.3 is 10.1 Å². The summed E-state index contributed by atoms with van der Waals surface area (Å²) in [7, 11) is 1.34. The van der Waals surface area contributed by atoms with E-state index in [1.54, 1.807) is 0 Å². The van der Waals surface area contributed by atoms with E-state index < -0.39 is 12.0 Å². The van der Waals surface area contributed by atoms with E-state index in [0.717, 1.165) is 40.1 Å². The molecule has 0 radical (unpaired) electrons. The number of nitrogens with zero attached hydrogens (tertiary/aromatic N) is 2. The third-order valence-electron chi connectivity index (χ3n) is 4.64. The first-order valence-corrected chi connectivity index (χ1v) is 9.79. The number of esters is 1. The molecule has 1 N–H and O–H groups in total. The van der Waals surface area contributed by atoms with Gasteiger partial charge in [0.2, 0.25) is 0 Å². The van der Waals surface area contributed by atoms with Crippen LogP contribution in [0.5, 0.6) is 0 Å². The molecule has 7 heteroatoms. The van der Waals surface area contributed by atoms with Gasteiger partial charge in [0.25, 0.3) is 5.91 Å². The van der Waals surface area contributed by atoms with Crippen LogP contribution in [0.15, 0.2) is 0 Å². The molecule has 0 aliphatic heterocycles. The molecule has 2 heterocycles. The van der Waals surface area contributed by atoms with Crippen molar-refractivity contribution >= 4 is 33.4 Å². The van der Waals surface area contributed by atoms with Crippen LogP contribution in [0.3, 0.4) is 0 Å². The monoisotopic (exact) mass is 375 g/mol. The summed E-state index contributed by atoms with van der Waals surface area (Å²) in [5, 5.41) is 3.78. The minimum absolute atomic E-state index is 0.256. The van der Waals surface area contributed by atoms with Crippen LogP contribution in [0.1, 0.15) is 65.8 Å². The minimum atomic E-state index is -0.647. The lowest BCUT2D eigenvalue weighted by molar-refractivity contribution is -0.143. The number of thiophene rings is 1. The van der Waals surface area contributed by atoms with Crippen molar-refractivity contribution in [2.24, 2.45) is 5.92 Å². The summed E-state index contributed by atoms with van der Waals surface area (Å²) in [4.78, 5) is 35.6. The number of hydrogen-bond donors (Lipinski definition) is 1. The van der Waals surface area contributed by atoms with Crippen LogP contribution in [0.2, 0.25) is 0 Å². The molecule has 0 aromatic carbocycles. The lowest BCUT2D eigenvalue weighted by Crippen LogP contribution is -2.42. The summed E-state index contributed by atoms with van der Waals surface area (Å²) in [5.74, 6) is 0.937. The van der Waals surface area contributed by atoms with Gasteiger partial charge in [0, 0.05) is 11.3 Å². The summed E-state index contributed by atoms with van der Waals surface area (Å²) in [5.41, 5.74) is 1.78. The van der Waals surface area contributed by atoms with Crippen molar-refractivity contribution < 1.29 is 14.3 Å². The second-order valence-corrected chi connectivity index (χ2v) is 8.36. The van der Waals surface area contributed by atoms with Crippen LogP contribution in [-0.2, 0) is 9.53 Å². The summed E-state index contributed by atoms with van der Waals surface area (Å²) in [6.07, 6.45) is 2.81. The molecule has 1 atom stereocenters. The molecule has 1 saturated carbocycles. The molecule has 3 rings (SSSR count). The SMILES string of the molecule is COC(=O)C(CC(C)C)NC(=O)c1sc2nc(C3CC3)nc(C)c2c1C. The Morgan fingerprint density at radius 1 is 1.27 bits per heavy atom. The van der Waals surface area contributed by atoms with Crippen molar-refractivity contribution in [2.75, 3.05) is 7.11 Å². The molecule has 1 unspecified atom stereocenters. The van der Waals surface area contributed by atoms with E-state index in [1.165, 1.54) is 18.4 Å². The highest BCUT2D eigenvalue weighted by atomic mass is 32.1. The van der Waals surface area contributed by atoms with Crippen LogP contribution in [0.25, 0.3) is 10.2 Å². The fourth-order valence-electron chi connectivity index (χ4n) is 3.15. The fourth-order valence-corrected chi connectivity index (χ4v) is 4.29. The number of fused-ring (bicyclic) bond motifs is 1. The zero-order chi connectivity index (χ0) is 19.0. The number of rotatable bonds is 6. The Morgan fingerprint density at radius 3 is 2.54 bits per heavy atom. The Balaban J connectivity index is 1.91. The van der Waals surface area contributed by atoms with E-state index in [4.69, 9.17) is 4.74 Å². The van der Waals surface area contributed by atoms with Gasteiger partial charge in [-0.3, -0.25) is 4.79 Å². The highest BCUT2D eigenvalue weighted by Crippen LogP contribution is 2.40. The highest BCUT2D eigenvalue weighted by molar-refractivity contribution is 7.20. The first kappa shape index (κ1) is 18.8. The quantitative estimate of drug-likeness (QED) is 0.782. The molecule has 140 valence electrons. The van der Waals surface area contributed by atoms with Gasteiger partial charge in [-0.25, -0.2) is 14.8 Å². The van der Waals surface area contributed by atoms with Gasteiger partial charge in [-0.1, -0.05) is 13.8 Å². The summed E-state index contributed by atoms with van der Waals surface area (Å²) < 4.78 is 4.83. The molecule has 1 aliphatic rings. The molecule has 6 nitrogen and oxygen atoms in total. The zero-order valence-corrected chi connectivity index (χ0v) is 16.7. The van der Waals surface area contributed by atoms with E-state index >= 15 is 0 Å². The lowest BCUT2D eigenvalue weighted by atomic mass is 10.0. The van der Waals surface area contributed by atoms with E-state index in [-0.39, 0.29) is 11.8 Å². The average molecular weight is 375 g/mol. The summed E-state index contributed by atoms with van der Waals surface area (Å²) >= 11 is 1.37. The minimum Gasteiger partial charge on any atom is -0.467 e. The number of aromatic nitrogens is 2. The predicted octanol–water partition coefficient (Wildman–Crippen LogP) is 3.50. The molecule has 2 aromatic heterocycles. The summed E-state index contributed by atoms with van der Waals surface area (Å²) in [6.45, 7) is 7.89. The maximum Gasteiger partial charge on any atom is 0.328 e. The van der Waals surface area contributed by atoms with E-state index in [2.05, 4.69) is 15.3 Å². The van der Waals surface area contributed by atoms with Crippen molar-refractivity contribution in [1.29, 1.82) is 0 Å². The fraction of sp³-hybridized carbons (Fsp3) is 0.579. The molecule has 1 aliphatic carbocycles. The average Bonchev–Trinajstić information content (AvgIpc) is 3.37. The van der Waals surface area contributed by atoms with Gasteiger partial charge in [-0.2, -0.15) is 0 Å². The zero-order valence-electron chi connectivity index (χ0n) is 15.9. The second kappa shape index (κ2) is 7.31. The Bertz CT molecular complexity index is 855. The number of nitrogens with one attached hydrogen (secondary N) is 1. The third kappa shape index (κ3) is 3.72. The number of ether oxygens (including phenoxy) is 1. The van der Waals surface area contributed by atoms with Gasteiger partial charge in [0.15, 0.2) is 0 Å². The molecule has 0 saturated heterocycles. The van der Waals surface area contributed by atoms with Gasteiger partial charge in [-0.15, -0.1) is 11.3 Å². The second-order valence-electron chi connectivity index (χ2n) is 7.36.